The van der Waals surface area contributed by atoms with Crippen LogP contribution in [0.4, 0.5) is 0 Å². The van der Waals surface area contributed by atoms with E-state index in [1.807, 2.05) is 48.5 Å². The van der Waals surface area contributed by atoms with Gasteiger partial charge in [0.1, 0.15) is 18.4 Å². The van der Waals surface area contributed by atoms with Crippen LogP contribution in [0.3, 0.4) is 0 Å². The molecule has 2 aromatic carbocycles. The molecular formula is C23H28Cl2N2O. The van der Waals surface area contributed by atoms with Gasteiger partial charge < -0.3 is 9.64 Å². The summed E-state index contributed by atoms with van der Waals surface area (Å²) < 4.78 is 5.86. The van der Waals surface area contributed by atoms with Crippen LogP contribution >= 0.6 is 24.0 Å². The van der Waals surface area contributed by atoms with Crippen molar-refractivity contribution in [3.63, 3.8) is 0 Å². The number of rotatable bonds is 9. The number of benzene rings is 2. The number of allylic oxidation sites excluding steroid dienone is 2. The lowest BCUT2D eigenvalue weighted by molar-refractivity contribution is 0.223. The highest BCUT2D eigenvalue weighted by Gasteiger charge is 2.10. The molecule has 0 saturated heterocycles. The molecule has 2 aromatic rings. The van der Waals surface area contributed by atoms with Crippen LogP contribution in [0.1, 0.15) is 38.3 Å². The lowest BCUT2D eigenvalue weighted by atomic mass is 9.93. The van der Waals surface area contributed by atoms with Crippen molar-refractivity contribution in [2.24, 2.45) is 0 Å². The van der Waals surface area contributed by atoms with E-state index in [9.17, 15) is 5.26 Å². The average molecular weight is 419 g/mol. The first-order valence-electron chi connectivity index (χ1n) is 9.47. The van der Waals surface area contributed by atoms with E-state index in [4.69, 9.17) is 16.3 Å². The second-order valence-corrected chi connectivity index (χ2v) is 6.66. The van der Waals surface area contributed by atoms with Crippen LogP contribution in [-0.4, -0.2) is 31.1 Å². The van der Waals surface area contributed by atoms with Gasteiger partial charge in [-0.05, 0) is 60.5 Å². The maximum atomic E-state index is 9.71. The Morgan fingerprint density at radius 3 is 2.04 bits per heavy atom. The summed E-state index contributed by atoms with van der Waals surface area (Å²) in [5.41, 5.74) is 3.64. The smallest absolute Gasteiger partial charge is 0.119 e. The van der Waals surface area contributed by atoms with Crippen LogP contribution in [0.15, 0.2) is 48.5 Å². The Labute approximate surface area is 180 Å². The molecule has 28 heavy (non-hydrogen) atoms. The van der Waals surface area contributed by atoms with Crippen molar-refractivity contribution in [1.82, 2.24) is 4.90 Å². The van der Waals surface area contributed by atoms with Gasteiger partial charge in [0.2, 0.25) is 0 Å². The Bertz CT molecular complexity index is 789. The maximum absolute atomic E-state index is 9.71. The number of hydrogen-bond donors (Lipinski definition) is 0. The van der Waals surface area contributed by atoms with E-state index in [2.05, 4.69) is 31.7 Å². The highest BCUT2D eigenvalue weighted by atomic mass is 35.5. The predicted molar refractivity (Wildman–Crippen MR) is 121 cm³/mol. The second-order valence-electron chi connectivity index (χ2n) is 6.23. The lowest BCUT2D eigenvalue weighted by Crippen LogP contribution is -2.27. The number of halogens is 2. The minimum absolute atomic E-state index is 0. The zero-order valence-electron chi connectivity index (χ0n) is 16.7. The van der Waals surface area contributed by atoms with Gasteiger partial charge in [-0.1, -0.05) is 56.6 Å². The van der Waals surface area contributed by atoms with E-state index in [-0.39, 0.29) is 12.4 Å². The summed E-state index contributed by atoms with van der Waals surface area (Å²) in [6.07, 6.45) is 0.772. The van der Waals surface area contributed by atoms with Gasteiger partial charge in [0.05, 0.1) is 5.57 Å². The maximum Gasteiger partial charge on any atom is 0.119 e. The summed E-state index contributed by atoms with van der Waals surface area (Å²) in [6.45, 7) is 10.0. The number of ether oxygens (including phenoxy) is 1. The van der Waals surface area contributed by atoms with Gasteiger partial charge >= 0.3 is 0 Å². The molecule has 0 spiro atoms. The Balaban J connectivity index is 0.00000392. The van der Waals surface area contributed by atoms with Gasteiger partial charge in [0.25, 0.3) is 0 Å². The second kappa shape index (κ2) is 12.5. The molecular weight excluding hydrogens is 391 g/mol. The molecule has 0 bridgehead atoms. The first-order valence-corrected chi connectivity index (χ1v) is 9.85. The molecule has 0 radical (unpaired) electrons. The van der Waals surface area contributed by atoms with Crippen LogP contribution in [0.5, 0.6) is 5.75 Å². The van der Waals surface area contributed by atoms with Gasteiger partial charge in [-0.25, -0.2) is 0 Å². The van der Waals surface area contributed by atoms with Crippen molar-refractivity contribution in [3.8, 4) is 11.8 Å². The summed E-state index contributed by atoms with van der Waals surface area (Å²) in [5, 5.41) is 10.4. The molecule has 0 amide bonds. The van der Waals surface area contributed by atoms with Crippen molar-refractivity contribution >= 4 is 35.2 Å². The topological polar surface area (TPSA) is 36.3 Å². The zero-order valence-corrected chi connectivity index (χ0v) is 18.3. The Hall–Kier alpha value is -1.99. The van der Waals surface area contributed by atoms with E-state index in [0.717, 1.165) is 48.5 Å². The zero-order chi connectivity index (χ0) is 19.6. The molecule has 150 valence electrons. The normalized spacial score (nSPS) is 11.4. The number of hydrogen-bond acceptors (Lipinski definition) is 3. The van der Waals surface area contributed by atoms with Crippen LogP contribution in [0, 0.1) is 11.3 Å². The minimum atomic E-state index is 0. The minimum Gasteiger partial charge on any atom is -0.492 e. The fraction of sp³-hybridized carbons (Fsp3) is 0.348. The third-order valence-electron chi connectivity index (χ3n) is 4.67. The summed E-state index contributed by atoms with van der Waals surface area (Å²) in [6, 6.07) is 17.8. The van der Waals surface area contributed by atoms with Gasteiger partial charge in [-0.15, -0.1) is 12.4 Å². The van der Waals surface area contributed by atoms with Crippen LogP contribution < -0.4 is 4.74 Å². The summed E-state index contributed by atoms with van der Waals surface area (Å²) in [5.74, 6) is 0.853. The van der Waals surface area contributed by atoms with Gasteiger partial charge in [0.15, 0.2) is 0 Å². The highest BCUT2D eigenvalue weighted by Crippen LogP contribution is 2.30. The highest BCUT2D eigenvalue weighted by molar-refractivity contribution is 6.30. The summed E-state index contributed by atoms with van der Waals surface area (Å²) >= 11 is 5.97. The van der Waals surface area contributed by atoms with E-state index >= 15 is 0 Å². The number of nitriles is 1. The molecule has 0 fully saturated rings. The van der Waals surface area contributed by atoms with E-state index in [1.165, 1.54) is 0 Å². The third-order valence-corrected chi connectivity index (χ3v) is 4.93. The lowest BCUT2D eigenvalue weighted by Gasteiger charge is -2.18. The first-order chi connectivity index (χ1) is 13.1. The summed E-state index contributed by atoms with van der Waals surface area (Å²) in [4.78, 5) is 2.33. The molecule has 0 aromatic heterocycles. The number of likely N-dealkylation sites (N-methyl/N-ethyl adjacent to an activating group) is 1. The Morgan fingerprint density at radius 1 is 0.964 bits per heavy atom. The standard InChI is InChI=1S/C23H27ClN2O.ClH/c1-4-22(23(17-25)19-7-11-20(24)12-8-19)18-9-13-21(14-10-18)27-16-15-26(5-2)6-3;/h7-14H,4-6,15-16H2,1-3H3;1H/b23-22-;. The largest absolute Gasteiger partial charge is 0.492 e. The van der Waals surface area contributed by atoms with Crippen molar-refractivity contribution in [3.05, 3.63) is 64.7 Å². The molecule has 0 heterocycles. The quantitative estimate of drug-likeness (QED) is 0.352. The van der Waals surface area contributed by atoms with Crippen LogP contribution in [0.2, 0.25) is 5.02 Å². The van der Waals surface area contributed by atoms with Crippen molar-refractivity contribution in [2.45, 2.75) is 27.2 Å². The monoisotopic (exact) mass is 418 g/mol. The van der Waals surface area contributed by atoms with Crippen molar-refractivity contribution < 1.29 is 4.74 Å². The Morgan fingerprint density at radius 2 is 1.54 bits per heavy atom. The SMILES string of the molecule is CC/C(=C(\C#N)c1ccc(Cl)cc1)c1ccc(OCCN(CC)CC)cc1.Cl. The average Bonchev–Trinajstić information content (AvgIpc) is 2.71. The Kier molecular flexibility index (Phi) is 10.7. The van der Waals surface area contributed by atoms with E-state index in [0.29, 0.717) is 17.2 Å². The molecule has 0 atom stereocenters. The van der Waals surface area contributed by atoms with Gasteiger partial charge in [-0.2, -0.15) is 5.26 Å². The van der Waals surface area contributed by atoms with Gasteiger partial charge in [-0.3, -0.25) is 0 Å². The molecule has 0 N–H and O–H groups in total. The molecule has 5 heteroatoms. The molecule has 0 aliphatic rings. The molecule has 0 aliphatic carbocycles. The molecule has 0 aliphatic heterocycles. The molecule has 0 saturated carbocycles. The predicted octanol–water partition coefficient (Wildman–Crippen LogP) is 6.33. The fourth-order valence-electron chi connectivity index (χ4n) is 3.03. The van der Waals surface area contributed by atoms with Crippen molar-refractivity contribution in [2.75, 3.05) is 26.2 Å². The van der Waals surface area contributed by atoms with Crippen LogP contribution in [0.25, 0.3) is 11.1 Å². The number of nitrogens with zero attached hydrogens (tertiary/aromatic N) is 2. The summed E-state index contributed by atoms with van der Waals surface area (Å²) in [7, 11) is 0. The van der Waals surface area contributed by atoms with Crippen molar-refractivity contribution in [1.29, 1.82) is 5.26 Å². The van der Waals surface area contributed by atoms with E-state index in [1.54, 1.807) is 0 Å². The van der Waals surface area contributed by atoms with Crippen LogP contribution in [-0.2, 0) is 0 Å². The molecule has 2 rings (SSSR count). The molecule has 3 nitrogen and oxygen atoms in total. The van der Waals surface area contributed by atoms with E-state index < -0.39 is 0 Å². The fourth-order valence-corrected chi connectivity index (χ4v) is 3.16. The molecule has 0 unspecified atom stereocenters. The first kappa shape index (κ1) is 24.0. The van der Waals surface area contributed by atoms with Gasteiger partial charge in [0, 0.05) is 11.6 Å². The third kappa shape index (κ3) is 6.56.